The number of rotatable bonds is 11. The normalized spacial score (nSPS) is 42.2. The Morgan fingerprint density at radius 3 is 1.00 bits per heavy atom. The number of unbranched alkanes of at least 4 members (excludes halogenated alkanes) is 6. The summed E-state index contributed by atoms with van der Waals surface area (Å²) in [5, 5.41) is 0. The van der Waals surface area contributed by atoms with E-state index in [-0.39, 0.29) is 0 Å². The zero-order chi connectivity index (χ0) is 19.6. The van der Waals surface area contributed by atoms with Crippen LogP contribution in [0.1, 0.15) is 155 Å². The summed E-state index contributed by atoms with van der Waals surface area (Å²) in [7, 11) is 0. The fourth-order valence-corrected chi connectivity index (χ4v) is 8.72. The first-order valence-electron chi connectivity index (χ1n) is 13.6. The molecule has 0 N–H and O–H groups in total. The minimum absolute atomic E-state index is 0.785. The van der Waals surface area contributed by atoms with Gasteiger partial charge in [0.15, 0.2) is 0 Å². The minimum Gasteiger partial charge on any atom is -0.0654 e. The molecule has 0 aromatic rings. The zero-order valence-electron chi connectivity index (χ0n) is 19.6. The SMILES string of the molecule is CCCCCCC12CCC(C34CCC(CCCCCC)(CC3)CC4)(CC1)CC2. The molecule has 0 amide bonds. The topological polar surface area (TPSA) is 0 Å². The average molecular weight is 387 g/mol. The minimum atomic E-state index is 0.785. The highest BCUT2D eigenvalue weighted by molar-refractivity contribution is 5.12. The van der Waals surface area contributed by atoms with Crippen LogP contribution < -0.4 is 0 Å². The van der Waals surface area contributed by atoms with Gasteiger partial charge in [-0.25, -0.2) is 0 Å². The second kappa shape index (κ2) is 8.63. The maximum Gasteiger partial charge on any atom is -0.0240 e. The van der Waals surface area contributed by atoms with E-state index in [0.717, 1.165) is 21.7 Å². The van der Waals surface area contributed by atoms with Gasteiger partial charge in [0.1, 0.15) is 0 Å². The van der Waals surface area contributed by atoms with Crippen molar-refractivity contribution in [3.05, 3.63) is 0 Å². The summed E-state index contributed by atoms with van der Waals surface area (Å²) in [6.45, 7) is 4.70. The van der Waals surface area contributed by atoms with E-state index in [9.17, 15) is 0 Å². The van der Waals surface area contributed by atoms with Crippen LogP contribution in [0.15, 0.2) is 0 Å². The summed E-state index contributed by atoms with van der Waals surface area (Å²) in [5.41, 5.74) is 3.15. The van der Waals surface area contributed by atoms with Crippen molar-refractivity contribution in [1.29, 1.82) is 0 Å². The van der Waals surface area contributed by atoms with E-state index >= 15 is 0 Å². The molecule has 0 aromatic carbocycles. The van der Waals surface area contributed by atoms with Crippen molar-refractivity contribution in [2.24, 2.45) is 21.7 Å². The second-order valence-corrected chi connectivity index (χ2v) is 12.2. The highest BCUT2D eigenvalue weighted by Gasteiger charge is 2.61. The lowest BCUT2D eigenvalue weighted by Gasteiger charge is -2.67. The van der Waals surface area contributed by atoms with Crippen LogP contribution in [0.4, 0.5) is 0 Å². The Balaban J connectivity index is 1.31. The average Bonchev–Trinajstić information content (AvgIpc) is 2.77. The third-order valence-electron chi connectivity index (χ3n) is 11.0. The Labute approximate surface area is 177 Å². The van der Waals surface area contributed by atoms with Crippen LogP contribution in [-0.4, -0.2) is 0 Å². The predicted octanol–water partition coefficient (Wildman–Crippen LogP) is 9.61. The Morgan fingerprint density at radius 1 is 0.393 bits per heavy atom. The van der Waals surface area contributed by atoms with Crippen molar-refractivity contribution in [3.8, 4) is 0 Å². The van der Waals surface area contributed by atoms with Gasteiger partial charge in [0.25, 0.3) is 0 Å². The van der Waals surface area contributed by atoms with E-state index in [2.05, 4.69) is 13.8 Å². The first-order chi connectivity index (χ1) is 13.6. The van der Waals surface area contributed by atoms with Crippen LogP contribution in [0, 0.1) is 21.7 Å². The highest BCUT2D eigenvalue weighted by atomic mass is 14.7. The van der Waals surface area contributed by atoms with E-state index in [4.69, 9.17) is 0 Å². The molecule has 6 fully saturated rings. The number of hydrogen-bond donors (Lipinski definition) is 0. The van der Waals surface area contributed by atoms with Crippen molar-refractivity contribution in [3.63, 3.8) is 0 Å². The standard InChI is InChI=1S/C28H50/c1-3-5-7-9-11-25-13-19-27(20-14-25,21-15-25)28-22-16-26(17-23-28,18-24-28)12-10-8-6-4-2/h3-24H2,1-2H3. The maximum absolute atomic E-state index is 2.35. The van der Waals surface area contributed by atoms with Gasteiger partial charge < -0.3 is 0 Å². The first kappa shape index (κ1) is 21.2. The van der Waals surface area contributed by atoms with Crippen LogP contribution in [0.3, 0.4) is 0 Å². The van der Waals surface area contributed by atoms with E-state index in [1.165, 1.54) is 51.4 Å². The molecule has 0 saturated heterocycles. The van der Waals surface area contributed by atoms with Crippen LogP contribution >= 0.6 is 0 Å². The van der Waals surface area contributed by atoms with Gasteiger partial charge in [0.2, 0.25) is 0 Å². The summed E-state index contributed by atoms with van der Waals surface area (Å²) in [6.07, 6.45) is 34.2. The first-order valence-corrected chi connectivity index (χ1v) is 13.6. The number of fused-ring (bicyclic) bond motifs is 6. The molecular formula is C28H50. The van der Waals surface area contributed by atoms with E-state index in [1.54, 1.807) is 89.9 Å². The van der Waals surface area contributed by atoms with Crippen LogP contribution in [-0.2, 0) is 0 Å². The van der Waals surface area contributed by atoms with E-state index in [1.807, 2.05) is 0 Å². The van der Waals surface area contributed by atoms with Crippen LogP contribution in [0.25, 0.3) is 0 Å². The summed E-state index contributed by atoms with van der Waals surface area (Å²) in [5.74, 6) is 0. The zero-order valence-corrected chi connectivity index (χ0v) is 19.6. The molecule has 6 aliphatic carbocycles. The molecule has 6 aliphatic rings. The molecule has 6 rings (SSSR count). The van der Waals surface area contributed by atoms with Gasteiger partial charge in [-0.3, -0.25) is 0 Å². The summed E-state index contributed by atoms with van der Waals surface area (Å²) in [6, 6.07) is 0. The van der Waals surface area contributed by atoms with Gasteiger partial charge in [-0.2, -0.15) is 0 Å². The summed E-state index contributed by atoms with van der Waals surface area (Å²) in [4.78, 5) is 0. The van der Waals surface area contributed by atoms with Gasteiger partial charge in [-0.05, 0) is 112 Å². The van der Waals surface area contributed by atoms with Gasteiger partial charge in [-0.15, -0.1) is 0 Å². The second-order valence-electron chi connectivity index (χ2n) is 12.2. The summed E-state index contributed by atoms with van der Waals surface area (Å²) >= 11 is 0. The largest absolute Gasteiger partial charge is 0.0654 e. The smallest absolute Gasteiger partial charge is 0.0240 e. The van der Waals surface area contributed by atoms with Crippen LogP contribution in [0.2, 0.25) is 0 Å². The molecule has 0 heterocycles. The summed E-state index contributed by atoms with van der Waals surface area (Å²) < 4.78 is 0. The monoisotopic (exact) mass is 386 g/mol. The highest BCUT2D eigenvalue weighted by Crippen LogP contribution is 2.73. The molecule has 0 aromatic heterocycles. The molecule has 0 radical (unpaired) electrons. The third kappa shape index (κ3) is 3.85. The Bertz CT molecular complexity index is 405. The molecule has 0 atom stereocenters. The molecule has 28 heavy (non-hydrogen) atoms. The van der Waals surface area contributed by atoms with E-state index < -0.39 is 0 Å². The van der Waals surface area contributed by atoms with Gasteiger partial charge in [0, 0.05) is 0 Å². The van der Waals surface area contributed by atoms with Crippen molar-refractivity contribution < 1.29 is 0 Å². The van der Waals surface area contributed by atoms with Crippen molar-refractivity contribution in [1.82, 2.24) is 0 Å². The van der Waals surface area contributed by atoms with Crippen molar-refractivity contribution >= 4 is 0 Å². The van der Waals surface area contributed by atoms with Crippen molar-refractivity contribution in [2.45, 2.75) is 155 Å². The molecule has 162 valence electrons. The number of hydrogen-bond acceptors (Lipinski definition) is 0. The Kier molecular flexibility index (Phi) is 6.54. The molecule has 6 saturated carbocycles. The molecule has 0 nitrogen and oxygen atoms in total. The quantitative estimate of drug-likeness (QED) is 0.310. The lowest BCUT2D eigenvalue weighted by atomic mass is 9.38. The Morgan fingerprint density at radius 2 is 0.714 bits per heavy atom. The molecule has 0 unspecified atom stereocenters. The molecule has 0 aliphatic heterocycles. The molecule has 0 spiro atoms. The van der Waals surface area contributed by atoms with Gasteiger partial charge in [0.05, 0.1) is 0 Å². The van der Waals surface area contributed by atoms with Gasteiger partial charge >= 0.3 is 0 Å². The molecular weight excluding hydrogens is 336 g/mol. The Hall–Kier alpha value is 0. The fraction of sp³-hybridized carbons (Fsp3) is 1.00. The third-order valence-corrected chi connectivity index (χ3v) is 11.0. The molecule has 0 heteroatoms. The van der Waals surface area contributed by atoms with E-state index in [0.29, 0.717) is 0 Å². The lowest BCUT2D eigenvalue weighted by Crippen LogP contribution is -2.56. The fourth-order valence-electron chi connectivity index (χ4n) is 8.72. The lowest BCUT2D eigenvalue weighted by molar-refractivity contribution is -0.162. The molecule has 4 bridgehead atoms. The van der Waals surface area contributed by atoms with Crippen LogP contribution in [0.5, 0.6) is 0 Å². The predicted molar refractivity (Wildman–Crippen MR) is 123 cm³/mol. The maximum atomic E-state index is 2.35. The van der Waals surface area contributed by atoms with Gasteiger partial charge in [-0.1, -0.05) is 65.2 Å². The van der Waals surface area contributed by atoms with Crippen molar-refractivity contribution in [2.75, 3.05) is 0 Å².